The molecule has 2 heterocycles. The van der Waals surface area contributed by atoms with Gasteiger partial charge in [-0.15, -0.1) is 0 Å². The molecule has 0 fully saturated rings. The van der Waals surface area contributed by atoms with Crippen molar-refractivity contribution in [1.29, 1.82) is 0 Å². The van der Waals surface area contributed by atoms with Gasteiger partial charge in [-0.3, -0.25) is 0 Å². The van der Waals surface area contributed by atoms with Gasteiger partial charge in [0.25, 0.3) is 0 Å². The summed E-state index contributed by atoms with van der Waals surface area (Å²) in [7, 11) is 3.20. The third-order valence-electron chi connectivity index (χ3n) is 4.41. The van der Waals surface area contributed by atoms with Crippen LogP contribution in [0.15, 0.2) is 48.9 Å². The molecule has 2 aromatic heterocycles. The molecule has 4 rings (SSSR count). The number of anilines is 2. The molecule has 1 N–H and O–H groups in total. The number of halogens is 1. The van der Waals surface area contributed by atoms with E-state index in [4.69, 9.17) is 21.1 Å². The van der Waals surface area contributed by atoms with Crippen molar-refractivity contribution in [2.75, 3.05) is 19.5 Å². The van der Waals surface area contributed by atoms with Crippen LogP contribution in [0.25, 0.3) is 16.7 Å². The van der Waals surface area contributed by atoms with Crippen LogP contribution < -0.4 is 14.8 Å². The highest BCUT2D eigenvalue weighted by Crippen LogP contribution is 2.32. The van der Waals surface area contributed by atoms with E-state index in [0.29, 0.717) is 28.0 Å². The molecule has 0 aliphatic heterocycles. The molecule has 0 unspecified atom stereocenters. The first-order valence-corrected chi connectivity index (χ1v) is 8.93. The van der Waals surface area contributed by atoms with E-state index in [9.17, 15) is 0 Å². The maximum Gasteiger partial charge on any atom is 0.168 e. The summed E-state index contributed by atoms with van der Waals surface area (Å²) in [5.74, 6) is 1.93. The van der Waals surface area contributed by atoms with Gasteiger partial charge in [0.1, 0.15) is 12.1 Å². The molecule has 28 heavy (non-hydrogen) atoms. The first-order chi connectivity index (χ1) is 13.6. The lowest BCUT2D eigenvalue weighted by molar-refractivity contribution is 0.355. The number of aromatic nitrogens is 4. The van der Waals surface area contributed by atoms with E-state index in [2.05, 4.69) is 20.4 Å². The van der Waals surface area contributed by atoms with Gasteiger partial charge in [0, 0.05) is 16.8 Å². The van der Waals surface area contributed by atoms with Gasteiger partial charge in [-0.1, -0.05) is 17.7 Å². The van der Waals surface area contributed by atoms with E-state index in [1.165, 1.54) is 6.33 Å². The Kier molecular flexibility index (Phi) is 4.75. The largest absolute Gasteiger partial charge is 0.493 e. The number of nitrogens with zero attached hydrogens (tertiary/aromatic N) is 4. The van der Waals surface area contributed by atoms with Gasteiger partial charge >= 0.3 is 0 Å². The van der Waals surface area contributed by atoms with Crippen molar-refractivity contribution in [3.63, 3.8) is 0 Å². The zero-order valence-electron chi connectivity index (χ0n) is 15.6. The van der Waals surface area contributed by atoms with E-state index >= 15 is 0 Å². The minimum atomic E-state index is 0.628. The van der Waals surface area contributed by atoms with E-state index in [0.717, 1.165) is 22.3 Å². The molecule has 2 aromatic carbocycles. The smallest absolute Gasteiger partial charge is 0.168 e. The lowest BCUT2D eigenvalue weighted by Gasteiger charge is -2.11. The SMILES string of the molecule is COc1ccc(Nc2ncnc3c2cnn3-c2ccc(C)c(Cl)c2)cc1OC. The van der Waals surface area contributed by atoms with Gasteiger partial charge in [0.15, 0.2) is 17.1 Å². The average Bonchev–Trinajstić information content (AvgIpc) is 3.15. The summed E-state index contributed by atoms with van der Waals surface area (Å²) in [6, 6.07) is 11.3. The first-order valence-electron chi connectivity index (χ1n) is 8.55. The number of fused-ring (bicyclic) bond motifs is 1. The van der Waals surface area contributed by atoms with Gasteiger partial charge in [-0.05, 0) is 36.8 Å². The zero-order valence-corrected chi connectivity index (χ0v) is 16.4. The van der Waals surface area contributed by atoms with Crippen molar-refractivity contribution < 1.29 is 9.47 Å². The summed E-state index contributed by atoms with van der Waals surface area (Å²) >= 11 is 6.27. The van der Waals surface area contributed by atoms with Gasteiger partial charge < -0.3 is 14.8 Å². The molecule has 0 aliphatic rings. The summed E-state index contributed by atoms with van der Waals surface area (Å²) in [6.07, 6.45) is 3.23. The maximum atomic E-state index is 6.27. The molecule has 0 amide bonds. The second kappa shape index (κ2) is 7.36. The Hall–Kier alpha value is -3.32. The van der Waals surface area contributed by atoms with Crippen LogP contribution in [-0.2, 0) is 0 Å². The van der Waals surface area contributed by atoms with Gasteiger partial charge in [-0.2, -0.15) is 5.10 Å². The number of hydrogen-bond acceptors (Lipinski definition) is 6. The average molecular weight is 396 g/mol. The third-order valence-corrected chi connectivity index (χ3v) is 4.82. The Morgan fingerprint density at radius 3 is 2.57 bits per heavy atom. The molecule has 0 aliphatic carbocycles. The fourth-order valence-corrected chi connectivity index (χ4v) is 3.07. The second-order valence-electron chi connectivity index (χ2n) is 6.14. The summed E-state index contributed by atoms with van der Waals surface area (Å²) in [6.45, 7) is 1.96. The van der Waals surface area contributed by atoms with Crippen LogP contribution in [-0.4, -0.2) is 34.0 Å². The van der Waals surface area contributed by atoms with Crippen LogP contribution in [0, 0.1) is 6.92 Å². The molecule has 0 saturated heterocycles. The number of aryl methyl sites for hydroxylation is 1. The molecular formula is C20H18ClN5O2. The maximum absolute atomic E-state index is 6.27. The number of nitrogens with one attached hydrogen (secondary N) is 1. The van der Waals surface area contributed by atoms with Crippen LogP contribution in [0.2, 0.25) is 5.02 Å². The van der Waals surface area contributed by atoms with E-state index < -0.39 is 0 Å². The predicted octanol–water partition coefficient (Wildman–Crippen LogP) is 4.54. The first kappa shape index (κ1) is 18.1. The highest BCUT2D eigenvalue weighted by molar-refractivity contribution is 6.31. The third kappa shape index (κ3) is 3.20. The fourth-order valence-electron chi connectivity index (χ4n) is 2.90. The quantitative estimate of drug-likeness (QED) is 0.534. The molecule has 7 nitrogen and oxygen atoms in total. The van der Waals surface area contributed by atoms with Gasteiger partial charge in [0.05, 0.1) is 31.5 Å². The Morgan fingerprint density at radius 1 is 1.00 bits per heavy atom. The van der Waals surface area contributed by atoms with Gasteiger partial charge in [0.2, 0.25) is 0 Å². The minimum Gasteiger partial charge on any atom is -0.493 e. The molecule has 0 atom stereocenters. The molecule has 0 bridgehead atoms. The minimum absolute atomic E-state index is 0.628. The summed E-state index contributed by atoms with van der Waals surface area (Å²) < 4.78 is 12.4. The van der Waals surface area contributed by atoms with Crippen molar-refractivity contribution in [3.05, 3.63) is 59.5 Å². The van der Waals surface area contributed by atoms with Crippen molar-refractivity contribution >= 4 is 34.1 Å². The molecule has 0 radical (unpaired) electrons. The molecule has 0 spiro atoms. The Bertz CT molecular complexity index is 1160. The molecular weight excluding hydrogens is 378 g/mol. The lowest BCUT2D eigenvalue weighted by Crippen LogP contribution is -2.00. The lowest BCUT2D eigenvalue weighted by atomic mass is 10.2. The number of benzene rings is 2. The summed E-state index contributed by atoms with van der Waals surface area (Å²) in [5, 5.41) is 9.23. The van der Waals surface area contributed by atoms with Crippen LogP contribution >= 0.6 is 11.6 Å². The summed E-state index contributed by atoms with van der Waals surface area (Å²) in [5.41, 5.74) is 3.33. The van der Waals surface area contributed by atoms with Gasteiger partial charge in [-0.25, -0.2) is 14.6 Å². The molecule has 142 valence electrons. The number of hydrogen-bond donors (Lipinski definition) is 1. The van der Waals surface area contributed by atoms with Crippen molar-refractivity contribution in [2.45, 2.75) is 6.92 Å². The van der Waals surface area contributed by atoms with Crippen molar-refractivity contribution in [1.82, 2.24) is 19.7 Å². The highest BCUT2D eigenvalue weighted by atomic mass is 35.5. The van der Waals surface area contributed by atoms with Crippen LogP contribution in [0.5, 0.6) is 11.5 Å². The summed E-state index contributed by atoms with van der Waals surface area (Å²) in [4.78, 5) is 8.76. The normalized spacial score (nSPS) is 10.9. The van der Waals surface area contributed by atoms with Crippen LogP contribution in [0.4, 0.5) is 11.5 Å². The predicted molar refractivity (Wildman–Crippen MR) is 109 cm³/mol. The van der Waals surface area contributed by atoms with Crippen LogP contribution in [0.1, 0.15) is 5.56 Å². The monoisotopic (exact) mass is 395 g/mol. The standard InChI is InChI=1S/C20H18ClN5O2/c1-12-4-6-14(9-16(12)21)26-20-15(10-24-26)19(22-11-23-20)25-13-5-7-17(27-2)18(8-13)28-3/h4-11H,1-3H3,(H,22,23,25). The Labute approximate surface area is 166 Å². The van der Waals surface area contributed by atoms with E-state index in [-0.39, 0.29) is 0 Å². The second-order valence-corrected chi connectivity index (χ2v) is 6.55. The number of methoxy groups -OCH3 is 2. The Balaban J connectivity index is 1.73. The van der Waals surface area contributed by atoms with E-state index in [1.54, 1.807) is 25.1 Å². The zero-order chi connectivity index (χ0) is 19.7. The fraction of sp³-hybridized carbons (Fsp3) is 0.150. The molecule has 4 aromatic rings. The topological polar surface area (TPSA) is 74.1 Å². The number of rotatable bonds is 5. The Morgan fingerprint density at radius 2 is 1.82 bits per heavy atom. The molecule has 0 saturated carbocycles. The van der Waals surface area contributed by atoms with Crippen molar-refractivity contribution in [2.24, 2.45) is 0 Å². The van der Waals surface area contributed by atoms with Crippen LogP contribution in [0.3, 0.4) is 0 Å². The molecule has 8 heteroatoms. The van der Waals surface area contributed by atoms with Crippen molar-refractivity contribution in [3.8, 4) is 17.2 Å². The number of ether oxygens (including phenoxy) is 2. The van der Waals surface area contributed by atoms with E-state index in [1.807, 2.05) is 43.3 Å². The highest BCUT2D eigenvalue weighted by Gasteiger charge is 2.13.